The molecule has 1 aromatic heterocycles. The van der Waals surface area contributed by atoms with Crippen LogP contribution in [0.3, 0.4) is 0 Å². The van der Waals surface area contributed by atoms with Crippen LogP contribution in [-0.4, -0.2) is 41.3 Å². The van der Waals surface area contributed by atoms with Crippen LogP contribution in [0.5, 0.6) is 0 Å². The first-order valence-electron chi connectivity index (χ1n) is 5.95. The summed E-state index contributed by atoms with van der Waals surface area (Å²) in [5.41, 5.74) is 6.87. The van der Waals surface area contributed by atoms with Gasteiger partial charge in [-0.3, -0.25) is 4.98 Å². The average molecular weight is 252 g/mol. The minimum absolute atomic E-state index is 0.00662. The van der Waals surface area contributed by atoms with Gasteiger partial charge in [0.15, 0.2) is 5.84 Å². The Hall–Kier alpha value is -1.82. The van der Waals surface area contributed by atoms with E-state index in [1.807, 2.05) is 13.1 Å². The van der Waals surface area contributed by atoms with Crippen molar-refractivity contribution in [2.75, 3.05) is 25.1 Å². The molecule has 0 aromatic carbocycles. The van der Waals surface area contributed by atoms with E-state index < -0.39 is 0 Å². The molecular weight excluding hydrogens is 232 g/mol. The Morgan fingerprint density at radius 1 is 1.39 bits per heavy atom. The van der Waals surface area contributed by atoms with Crippen LogP contribution in [0.1, 0.15) is 25.0 Å². The first kappa shape index (κ1) is 14.2. The Balaban J connectivity index is 2.51. The minimum atomic E-state index is 0.00662. The summed E-state index contributed by atoms with van der Waals surface area (Å²) in [4.78, 5) is 6.20. The summed E-state index contributed by atoms with van der Waals surface area (Å²) >= 11 is 0. The molecule has 6 heteroatoms. The Labute approximate surface area is 107 Å². The van der Waals surface area contributed by atoms with E-state index in [1.165, 1.54) is 0 Å². The van der Waals surface area contributed by atoms with Gasteiger partial charge in [0.25, 0.3) is 0 Å². The number of oxime groups is 1. The van der Waals surface area contributed by atoms with E-state index in [0.717, 1.165) is 31.5 Å². The van der Waals surface area contributed by atoms with Crippen molar-refractivity contribution in [3.63, 3.8) is 0 Å². The van der Waals surface area contributed by atoms with Crippen LogP contribution >= 0.6 is 0 Å². The van der Waals surface area contributed by atoms with Gasteiger partial charge < -0.3 is 20.9 Å². The number of aliphatic hydroxyl groups excluding tert-OH is 1. The van der Waals surface area contributed by atoms with E-state index in [-0.39, 0.29) is 12.4 Å². The van der Waals surface area contributed by atoms with Gasteiger partial charge in [-0.15, -0.1) is 0 Å². The number of anilines is 1. The van der Waals surface area contributed by atoms with Crippen LogP contribution < -0.4 is 10.6 Å². The second-order valence-electron chi connectivity index (χ2n) is 4.09. The predicted octanol–water partition coefficient (Wildman–Crippen LogP) is 0.775. The second-order valence-corrected chi connectivity index (χ2v) is 4.09. The van der Waals surface area contributed by atoms with Crippen LogP contribution in [0, 0.1) is 0 Å². The number of hydrogen-bond donors (Lipinski definition) is 3. The Morgan fingerprint density at radius 2 is 2.17 bits per heavy atom. The van der Waals surface area contributed by atoms with Gasteiger partial charge in [-0.05, 0) is 31.4 Å². The van der Waals surface area contributed by atoms with Gasteiger partial charge in [0.1, 0.15) is 5.69 Å². The van der Waals surface area contributed by atoms with Gasteiger partial charge in [-0.1, -0.05) is 5.16 Å². The SMILES string of the molecule is CN(CCCCCO)c1ccc(/C(N)=N/O)nc1. The molecule has 0 radical (unpaired) electrons. The van der Waals surface area contributed by atoms with Crippen LogP contribution in [0.2, 0.25) is 0 Å². The van der Waals surface area contributed by atoms with E-state index >= 15 is 0 Å². The predicted molar refractivity (Wildman–Crippen MR) is 71.0 cm³/mol. The molecule has 1 aromatic rings. The van der Waals surface area contributed by atoms with Crippen molar-refractivity contribution in [1.82, 2.24) is 4.98 Å². The van der Waals surface area contributed by atoms with Gasteiger partial charge in [0, 0.05) is 20.2 Å². The fraction of sp³-hybridized carbons (Fsp3) is 0.500. The van der Waals surface area contributed by atoms with E-state index in [4.69, 9.17) is 16.0 Å². The molecule has 0 saturated carbocycles. The quantitative estimate of drug-likeness (QED) is 0.219. The molecule has 100 valence electrons. The van der Waals surface area contributed by atoms with Crippen LogP contribution in [0.4, 0.5) is 5.69 Å². The number of nitrogens with two attached hydrogens (primary N) is 1. The summed E-state index contributed by atoms with van der Waals surface area (Å²) < 4.78 is 0. The highest BCUT2D eigenvalue weighted by Gasteiger charge is 2.04. The highest BCUT2D eigenvalue weighted by atomic mass is 16.4. The topological polar surface area (TPSA) is 95.0 Å². The van der Waals surface area contributed by atoms with Crippen molar-refractivity contribution in [2.45, 2.75) is 19.3 Å². The lowest BCUT2D eigenvalue weighted by molar-refractivity contribution is 0.283. The molecule has 0 saturated heterocycles. The van der Waals surface area contributed by atoms with Gasteiger partial charge in [0.05, 0.1) is 11.9 Å². The summed E-state index contributed by atoms with van der Waals surface area (Å²) in [7, 11) is 1.99. The molecule has 6 nitrogen and oxygen atoms in total. The third-order valence-corrected chi connectivity index (χ3v) is 2.71. The summed E-state index contributed by atoms with van der Waals surface area (Å²) in [6, 6.07) is 3.60. The smallest absolute Gasteiger partial charge is 0.188 e. The lowest BCUT2D eigenvalue weighted by Gasteiger charge is -2.18. The molecule has 0 aliphatic carbocycles. The molecule has 0 unspecified atom stereocenters. The number of hydrogen-bond acceptors (Lipinski definition) is 5. The maximum Gasteiger partial charge on any atom is 0.188 e. The van der Waals surface area contributed by atoms with Gasteiger partial charge >= 0.3 is 0 Å². The van der Waals surface area contributed by atoms with Crippen molar-refractivity contribution in [3.8, 4) is 0 Å². The van der Waals surface area contributed by atoms with Gasteiger partial charge in [-0.2, -0.15) is 0 Å². The van der Waals surface area contributed by atoms with E-state index in [0.29, 0.717) is 5.69 Å². The Morgan fingerprint density at radius 3 is 2.72 bits per heavy atom. The zero-order valence-corrected chi connectivity index (χ0v) is 10.6. The van der Waals surface area contributed by atoms with Crippen molar-refractivity contribution in [2.24, 2.45) is 10.9 Å². The molecule has 0 aliphatic heterocycles. The molecule has 0 spiro atoms. The van der Waals surface area contributed by atoms with Crippen LogP contribution in [-0.2, 0) is 0 Å². The summed E-state index contributed by atoms with van der Waals surface area (Å²) in [5, 5.41) is 20.1. The number of nitrogens with zero attached hydrogens (tertiary/aromatic N) is 3. The lowest BCUT2D eigenvalue weighted by atomic mass is 10.2. The maximum absolute atomic E-state index is 8.69. The third-order valence-electron chi connectivity index (χ3n) is 2.71. The molecule has 1 rings (SSSR count). The molecule has 0 atom stereocenters. The first-order valence-corrected chi connectivity index (χ1v) is 5.95. The summed E-state index contributed by atoms with van der Waals surface area (Å²) in [6.07, 6.45) is 4.57. The lowest BCUT2D eigenvalue weighted by Crippen LogP contribution is -2.20. The fourth-order valence-corrected chi connectivity index (χ4v) is 1.58. The third kappa shape index (κ3) is 4.21. The molecule has 0 aliphatic rings. The molecule has 0 amide bonds. The number of unbranched alkanes of at least 4 members (excludes halogenated alkanes) is 2. The molecule has 4 N–H and O–H groups in total. The van der Waals surface area contributed by atoms with Crippen molar-refractivity contribution < 1.29 is 10.3 Å². The maximum atomic E-state index is 8.69. The van der Waals surface area contributed by atoms with E-state index in [1.54, 1.807) is 12.3 Å². The summed E-state index contributed by atoms with van der Waals surface area (Å²) in [6.45, 7) is 1.16. The monoisotopic (exact) mass is 252 g/mol. The fourth-order valence-electron chi connectivity index (χ4n) is 1.58. The molecule has 0 bridgehead atoms. The highest BCUT2D eigenvalue weighted by Crippen LogP contribution is 2.12. The molecule has 0 fully saturated rings. The minimum Gasteiger partial charge on any atom is -0.409 e. The Bertz CT molecular complexity index is 378. The molecular formula is C12H20N4O2. The standard InChI is InChI=1S/C12H20N4O2/c1-16(7-3-2-4-8-17)10-5-6-11(14-9-10)12(13)15-18/h5-6,9,17-18H,2-4,7-8H2,1H3,(H2,13,15). The molecule has 18 heavy (non-hydrogen) atoms. The number of rotatable bonds is 7. The number of aromatic nitrogens is 1. The molecule has 1 heterocycles. The zero-order chi connectivity index (χ0) is 13.4. The Kier molecular flexibility index (Phi) is 5.93. The van der Waals surface area contributed by atoms with Crippen molar-refractivity contribution in [1.29, 1.82) is 0 Å². The van der Waals surface area contributed by atoms with E-state index in [9.17, 15) is 0 Å². The van der Waals surface area contributed by atoms with Crippen LogP contribution in [0.25, 0.3) is 0 Å². The first-order chi connectivity index (χ1) is 8.69. The highest BCUT2D eigenvalue weighted by molar-refractivity contribution is 5.95. The van der Waals surface area contributed by atoms with Gasteiger partial charge in [-0.25, -0.2) is 0 Å². The van der Waals surface area contributed by atoms with Crippen molar-refractivity contribution in [3.05, 3.63) is 24.0 Å². The zero-order valence-electron chi connectivity index (χ0n) is 10.6. The number of aliphatic hydroxyl groups is 1. The number of amidine groups is 1. The second kappa shape index (κ2) is 7.50. The van der Waals surface area contributed by atoms with Crippen molar-refractivity contribution >= 4 is 11.5 Å². The number of pyridine rings is 1. The largest absolute Gasteiger partial charge is 0.409 e. The van der Waals surface area contributed by atoms with Gasteiger partial charge in [0.2, 0.25) is 0 Å². The van der Waals surface area contributed by atoms with Crippen LogP contribution in [0.15, 0.2) is 23.5 Å². The average Bonchev–Trinajstić information content (AvgIpc) is 2.42. The normalized spacial score (nSPS) is 11.6. The van der Waals surface area contributed by atoms with E-state index in [2.05, 4.69) is 15.0 Å². The summed E-state index contributed by atoms with van der Waals surface area (Å²) in [5.74, 6) is 0.00662.